The molecule has 0 bridgehead atoms. The van der Waals surface area contributed by atoms with Gasteiger partial charge in [-0.15, -0.1) is 0 Å². The maximum Gasteiger partial charge on any atom is 0.0344 e. The SMILES string of the molecule is CCC(C)c1ccc(NC(C)(C)C)cc1. The van der Waals surface area contributed by atoms with E-state index >= 15 is 0 Å². The van der Waals surface area contributed by atoms with Gasteiger partial charge < -0.3 is 5.32 Å². The van der Waals surface area contributed by atoms with Crippen LogP contribution in [-0.2, 0) is 0 Å². The van der Waals surface area contributed by atoms with E-state index < -0.39 is 0 Å². The second kappa shape index (κ2) is 4.69. The Hall–Kier alpha value is -0.980. The van der Waals surface area contributed by atoms with Gasteiger partial charge in [-0.25, -0.2) is 0 Å². The van der Waals surface area contributed by atoms with Crippen LogP contribution in [0.4, 0.5) is 5.69 Å². The van der Waals surface area contributed by atoms with Gasteiger partial charge >= 0.3 is 0 Å². The van der Waals surface area contributed by atoms with Gasteiger partial charge in [-0.05, 0) is 50.8 Å². The van der Waals surface area contributed by atoms with Crippen LogP contribution in [0.1, 0.15) is 52.5 Å². The molecule has 1 nitrogen and oxygen atoms in total. The number of rotatable bonds is 3. The molecule has 0 radical (unpaired) electrons. The van der Waals surface area contributed by atoms with Crippen molar-refractivity contribution in [3.63, 3.8) is 0 Å². The fourth-order valence-electron chi connectivity index (χ4n) is 1.56. The summed E-state index contributed by atoms with van der Waals surface area (Å²) in [4.78, 5) is 0. The van der Waals surface area contributed by atoms with Crippen molar-refractivity contribution in [3.8, 4) is 0 Å². The van der Waals surface area contributed by atoms with Gasteiger partial charge in [0.2, 0.25) is 0 Å². The number of hydrogen-bond donors (Lipinski definition) is 1. The molecule has 1 atom stereocenters. The van der Waals surface area contributed by atoms with Crippen LogP contribution in [0.5, 0.6) is 0 Å². The van der Waals surface area contributed by atoms with Gasteiger partial charge in [0.15, 0.2) is 0 Å². The van der Waals surface area contributed by atoms with Crippen LogP contribution >= 0.6 is 0 Å². The third kappa shape index (κ3) is 3.94. The average Bonchev–Trinajstić information content (AvgIpc) is 2.15. The highest BCUT2D eigenvalue weighted by molar-refractivity contribution is 5.46. The van der Waals surface area contributed by atoms with Gasteiger partial charge in [-0.3, -0.25) is 0 Å². The van der Waals surface area contributed by atoms with Gasteiger partial charge in [0.05, 0.1) is 0 Å². The quantitative estimate of drug-likeness (QED) is 0.770. The molecule has 0 aliphatic rings. The molecule has 0 fully saturated rings. The minimum absolute atomic E-state index is 0.137. The summed E-state index contributed by atoms with van der Waals surface area (Å²) in [5, 5.41) is 3.47. The van der Waals surface area contributed by atoms with Crippen molar-refractivity contribution in [2.24, 2.45) is 0 Å². The topological polar surface area (TPSA) is 12.0 Å². The molecular formula is C14H23N. The van der Waals surface area contributed by atoms with Crippen LogP contribution in [0.25, 0.3) is 0 Å². The molecule has 15 heavy (non-hydrogen) atoms. The average molecular weight is 205 g/mol. The molecule has 0 saturated heterocycles. The number of hydrogen-bond acceptors (Lipinski definition) is 1. The molecule has 1 aromatic carbocycles. The van der Waals surface area contributed by atoms with E-state index in [1.807, 2.05) is 0 Å². The molecule has 0 heterocycles. The summed E-state index contributed by atoms with van der Waals surface area (Å²) in [5.74, 6) is 0.661. The van der Waals surface area contributed by atoms with Crippen molar-refractivity contribution in [2.45, 2.75) is 52.5 Å². The first-order valence-electron chi connectivity index (χ1n) is 5.80. The fourth-order valence-corrected chi connectivity index (χ4v) is 1.56. The molecule has 0 spiro atoms. The van der Waals surface area contributed by atoms with Crippen molar-refractivity contribution in [1.82, 2.24) is 0 Å². The summed E-state index contributed by atoms with van der Waals surface area (Å²) in [6.07, 6.45) is 1.20. The standard InChI is InChI=1S/C14H23N/c1-6-11(2)12-7-9-13(10-8-12)15-14(3,4)5/h7-11,15H,6H2,1-5H3. The molecule has 1 rings (SSSR count). The smallest absolute Gasteiger partial charge is 0.0344 e. The van der Waals surface area contributed by atoms with Crippen molar-refractivity contribution >= 4 is 5.69 Å². The second-order valence-corrected chi connectivity index (χ2v) is 5.31. The van der Waals surface area contributed by atoms with Gasteiger partial charge in [-0.2, -0.15) is 0 Å². The number of benzene rings is 1. The Kier molecular flexibility index (Phi) is 3.78. The van der Waals surface area contributed by atoms with E-state index in [1.54, 1.807) is 0 Å². The predicted molar refractivity (Wildman–Crippen MR) is 68.5 cm³/mol. The van der Waals surface area contributed by atoms with Crippen molar-refractivity contribution < 1.29 is 0 Å². The normalized spacial score (nSPS) is 13.7. The van der Waals surface area contributed by atoms with Crippen LogP contribution in [0.3, 0.4) is 0 Å². The first-order chi connectivity index (χ1) is 6.92. The van der Waals surface area contributed by atoms with Gasteiger partial charge in [0.1, 0.15) is 0 Å². The highest BCUT2D eigenvalue weighted by Crippen LogP contribution is 2.21. The third-order valence-corrected chi connectivity index (χ3v) is 2.61. The highest BCUT2D eigenvalue weighted by atomic mass is 14.9. The molecular weight excluding hydrogens is 182 g/mol. The van der Waals surface area contributed by atoms with Crippen LogP contribution in [-0.4, -0.2) is 5.54 Å². The zero-order chi connectivity index (χ0) is 11.5. The van der Waals surface area contributed by atoms with E-state index in [-0.39, 0.29) is 5.54 Å². The summed E-state index contributed by atoms with van der Waals surface area (Å²) in [5.41, 5.74) is 2.77. The Morgan fingerprint density at radius 3 is 2.07 bits per heavy atom. The fraction of sp³-hybridized carbons (Fsp3) is 0.571. The lowest BCUT2D eigenvalue weighted by Gasteiger charge is -2.22. The van der Waals surface area contributed by atoms with Gasteiger partial charge in [0.25, 0.3) is 0 Å². The van der Waals surface area contributed by atoms with E-state index in [0.29, 0.717) is 5.92 Å². The first kappa shape index (κ1) is 12.1. The molecule has 1 heteroatoms. The largest absolute Gasteiger partial charge is 0.380 e. The molecule has 0 amide bonds. The Morgan fingerprint density at radius 1 is 1.13 bits per heavy atom. The Labute approximate surface area is 93.9 Å². The summed E-state index contributed by atoms with van der Waals surface area (Å²) in [6, 6.07) is 8.80. The van der Waals surface area contributed by atoms with Crippen LogP contribution in [0.15, 0.2) is 24.3 Å². The van der Waals surface area contributed by atoms with Crippen molar-refractivity contribution in [3.05, 3.63) is 29.8 Å². The van der Waals surface area contributed by atoms with Gasteiger partial charge in [0, 0.05) is 11.2 Å². The van der Waals surface area contributed by atoms with Crippen LogP contribution in [0.2, 0.25) is 0 Å². The summed E-state index contributed by atoms with van der Waals surface area (Å²) in [6.45, 7) is 11.0. The lowest BCUT2D eigenvalue weighted by molar-refractivity contribution is 0.634. The summed E-state index contributed by atoms with van der Waals surface area (Å²) >= 11 is 0. The van der Waals surface area contributed by atoms with E-state index in [9.17, 15) is 0 Å². The van der Waals surface area contributed by atoms with Crippen LogP contribution in [0, 0.1) is 0 Å². The monoisotopic (exact) mass is 205 g/mol. The maximum atomic E-state index is 3.47. The predicted octanol–water partition coefficient (Wildman–Crippen LogP) is 4.41. The molecule has 0 saturated carbocycles. The third-order valence-electron chi connectivity index (χ3n) is 2.61. The zero-order valence-corrected chi connectivity index (χ0v) is 10.6. The highest BCUT2D eigenvalue weighted by Gasteiger charge is 2.09. The molecule has 1 unspecified atom stereocenters. The molecule has 1 aromatic rings. The van der Waals surface area contributed by atoms with E-state index in [1.165, 1.54) is 17.7 Å². The van der Waals surface area contributed by atoms with E-state index in [0.717, 1.165) is 0 Å². The minimum Gasteiger partial charge on any atom is -0.380 e. The molecule has 0 aliphatic heterocycles. The Balaban J connectivity index is 2.72. The minimum atomic E-state index is 0.137. The van der Waals surface area contributed by atoms with Crippen LogP contribution < -0.4 is 5.32 Å². The number of anilines is 1. The molecule has 84 valence electrons. The lowest BCUT2D eigenvalue weighted by Crippen LogP contribution is -2.25. The lowest BCUT2D eigenvalue weighted by atomic mass is 9.98. The van der Waals surface area contributed by atoms with Crippen molar-refractivity contribution in [2.75, 3.05) is 5.32 Å². The van der Waals surface area contributed by atoms with E-state index in [2.05, 4.69) is 64.2 Å². The zero-order valence-electron chi connectivity index (χ0n) is 10.6. The maximum absolute atomic E-state index is 3.47. The molecule has 0 aromatic heterocycles. The summed E-state index contributed by atoms with van der Waals surface area (Å²) in [7, 11) is 0. The Bertz CT molecular complexity index is 292. The molecule has 1 N–H and O–H groups in total. The number of nitrogens with one attached hydrogen (secondary N) is 1. The molecule has 0 aliphatic carbocycles. The Morgan fingerprint density at radius 2 is 1.67 bits per heavy atom. The first-order valence-corrected chi connectivity index (χ1v) is 5.80. The summed E-state index contributed by atoms with van der Waals surface area (Å²) < 4.78 is 0. The second-order valence-electron chi connectivity index (χ2n) is 5.31. The van der Waals surface area contributed by atoms with Crippen molar-refractivity contribution in [1.29, 1.82) is 0 Å². The van der Waals surface area contributed by atoms with Gasteiger partial charge in [-0.1, -0.05) is 26.0 Å². The van der Waals surface area contributed by atoms with E-state index in [4.69, 9.17) is 0 Å².